The number of morpholine rings is 1. The number of benzene rings is 2. The van der Waals surface area contributed by atoms with E-state index in [1.54, 1.807) is 18.2 Å². The Morgan fingerprint density at radius 3 is 2.69 bits per heavy atom. The summed E-state index contributed by atoms with van der Waals surface area (Å²) in [6.07, 6.45) is 1.47. The number of fused-ring (bicyclic) bond motifs is 1. The van der Waals surface area contributed by atoms with Crippen molar-refractivity contribution in [1.29, 1.82) is 0 Å². The lowest BCUT2D eigenvalue weighted by atomic mass is 10.2. The summed E-state index contributed by atoms with van der Waals surface area (Å²) in [5, 5.41) is 3.93. The summed E-state index contributed by atoms with van der Waals surface area (Å²) in [7, 11) is -3.68. The van der Waals surface area contributed by atoms with E-state index in [1.807, 2.05) is 0 Å². The Labute approximate surface area is 167 Å². The zero-order valence-corrected chi connectivity index (χ0v) is 16.2. The van der Waals surface area contributed by atoms with Crippen LogP contribution in [0.2, 0.25) is 0 Å². The van der Waals surface area contributed by atoms with Crippen molar-refractivity contribution in [3.8, 4) is 11.5 Å². The first-order chi connectivity index (χ1) is 14.0. The van der Waals surface area contributed by atoms with Gasteiger partial charge in [-0.1, -0.05) is 6.07 Å². The number of hydrogen-bond donors (Lipinski definition) is 1. The molecule has 0 bridgehead atoms. The maximum absolute atomic E-state index is 12.7. The number of rotatable bonds is 5. The van der Waals surface area contributed by atoms with Crippen molar-refractivity contribution < 1.29 is 27.4 Å². The van der Waals surface area contributed by atoms with Crippen LogP contribution in [-0.2, 0) is 14.8 Å². The second-order valence-electron chi connectivity index (χ2n) is 6.36. The molecule has 9 nitrogen and oxygen atoms in total. The van der Waals surface area contributed by atoms with E-state index < -0.39 is 15.9 Å². The molecule has 0 aromatic heterocycles. The Kier molecular flexibility index (Phi) is 5.47. The largest absolute Gasteiger partial charge is 0.454 e. The first-order valence-electron chi connectivity index (χ1n) is 8.95. The van der Waals surface area contributed by atoms with Crippen molar-refractivity contribution in [2.45, 2.75) is 4.90 Å². The van der Waals surface area contributed by atoms with E-state index in [9.17, 15) is 13.2 Å². The van der Waals surface area contributed by atoms with Gasteiger partial charge in [-0.25, -0.2) is 13.8 Å². The molecule has 29 heavy (non-hydrogen) atoms. The Bertz CT molecular complexity index is 1050. The number of nitrogens with zero attached hydrogens (tertiary/aromatic N) is 2. The van der Waals surface area contributed by atoms with Crippen LogP contribution in [0.4, 0.5) is 0 Å². The third kappa shape index (κ3) is 4.24. The maximum Gasteiger partial charge on any atom is 0.271 e. The molecule has 2 aromatic rings. The van der Waals surface area contributed by atoms with Gasteiger partial charge in [-0.2, -0.15) is 9.41 Å². The monoisotopic (exact) mass is 417 g/mol. The smallest absolute Gasteiger partial charge is 0.271 e. The average molecular weight is 417 g/mol. The topological polar surface area (TPSA) is 107 Å². The van der Waals surface area contributed by atoms with Crippen molar-refractivity contribution in [2.24, 2.45) is 5.10 Å². The molecule has 2 heterocycles. The molecule has 1 fully saturated rings. The average Bonchev–Trinajstić information content (AvgIpc) is 3.22. The van der Waals surface area contributed by atoms with Crippen LogP contribution in [0.25, 0.3) is 0 Å². The summed E-state index contributed by atoms with van der Waals surface area (Å²) in [5.41, 5.74) is 3.32. The fraction of sp³-hybridized carbons (Fsp3) is 0.263. The molecule has 2 aliphatic heterocycles. The lowest BCUT2D eigenvalue weighted by molar-refractivity contribution is 0.0730. The van der Waals surface area contributed by atoms with Crippen LogP contribution < -0.4 is 14.9 Å². The number of hydrogen-bond acceptors (Lipinski definition) is 7. The lowest BCUT2D eigenvalue weighted by Crippen LogP contribution is -2.40. The number of carbonyl (C=O) groups excluding carboxylic acids is 1. The van der Waals surface area contributed by atoms with Gasteiger partial charge in [-0.05, 0) is 42.0 Å². The first-order valence-corrected chi connectivity index (χ1v) is 10.4. The number of hydrazone groups is 1. The summed E-state index contributed by atoms with van der Waals surface area (Å²) in [6, 6.07) is 11.2. The van der Waals surface area contributed by atoms with E-state index in [1.165, 1.54) is 34.8 Å². The third-order valence-electron chi connectivity index (χ3n) is 4.48. The van der Waals surface area contributed by atoms with Gasteiger partial charge >= 0.3 is 0 Å². The fourth-order valence-electron chi connectivity index (χ4n) is 2.96. The maximum atomic E-state index is 12.7. The quantitative estimate of drug-likeness (QED) is 0.579. The Balaban J connectivity index is 1.44. The highest BCUT2D eigenvalue weighted by atomic mass is 32.2. The summed E-state index contributed by atoms with van der Waals surface area (Å²) in [6.45, 7) is 1.47. The molecular weight excluding hydrogens is 398 g/mol. The van der Waals surface area contributed by atoms with Crippen LogP contribution >= 0.6 is 0 Å². The second kappa shape index (κ2) is 8.19. The third-order valence-corrected chi connectivity index (χ3v) is 6.38. The van der Waals surface area contributed by atoms with Gasteiger partial charge in [-0.3, -0.25) is 4.79 Å². The van der Waals surface area contributed by atoms with E-state index >= 15 is 0 Å². The molecule has 1 saturated heterocycles. The Morgan fingerprint density at radius 2 is 1.86 bits per heavy atom. The van der Waals surface area contributed by atoms with Crippen molar-refractivity contribution in [2.75, 3.05) is 33.1 Å². The van der Waals surface area contributed by atoms with Crippen molar-refractivity contribution >= 4 is 22.1 Å². The van der Waals surface area contributed by atoms with Crippen LogP contribution in [-0.4, -0.2) is 57.9 Å². The molecule has 0 unspecified atom stereocenters. The predicted octanol–water partition coefficient (Wildman–Crippen LogP) is 1.20. The number of amides is 1. The SMILES string of the molecule is O=C(N/N=C\c1ccc2c(c1)OCO2)c1cccc(S(=O)(=O)N2CCOCC2)c1. The number of carbonyl (C=O) groups is 1. The molecule has 4 rings (SSSR count). The van der Waals surface area contributed by atoms with E-state index in [0.717, 1.165) is 5.56 Å². The van der Waals surface area contributed by atoms with Crippen LogP contribution in [0.3, 0.4) is 0 Å². The fourth-order valence-corrected chi connectivity index (χ4v) is 4.41. The zero-order valence-electron chi connectivity index (χ0n) is 15.4. The highest BCUT2D eigenvalue weighted by Gasteiger charge is 2.26. The molecule has 10 heteroatoms. The van der Waals surface area contributed by atoms with Crippen LogP contribution in [0.15, 0.2) is 52.5 Å². The summed E-state index contributed by atoms with van der Waals surface area (Å²) in [5.74, 6) is 0.756. The van der Waals surface area contributed by atoms with Crippen molar-refractivity contribution in [3.05, 3.63) is 53.6 Å². The summed E-state index contributed by atoms with van der Waals surface area (Å²) in [4.78, 5) is 12.4. The number of ether oxygens (including phenoxy) is 3. The molecule has 0 radical (unpaired) electrons. The first kappa shape index (κ1) is 19.4. The summed E-state index contributed by atoms with van der Waals surface area (Å²) < 4.78 is 42.6. The van der Waals surface area contributed by atoms with E-state index in [-0.39, 0.29) is 17.3 Å². The molecule has 1 amide bonds. The molecule has 2 aromatic carbocycles. The molecule has 2 aliphatic rings. The molecule has 0 atom stereocenters. The van der Waals surface area contributed by atoms with Gasteiger partial charge in [0, 0.05) is 18.7 Å². The Hall–Kier alpha value is -2.95. The molecule has 1 N–H and O–H groups in total. The van der Waals surface area contributed by atoms with Gasteiger partial charge in [0.2, 0.25) is 16.8 Å². The van der Waals surface area contributed by atoms with Gasteiger partial charge in [0.05, 0.1) is 24.3 Å². The van der Waals surface area contributed by atoms with E-state index in [2.05, 4.69) is 10.5 Å². The zero-order chi connectivity index (χ0) is 20.3. The normalized spacial score (nSPS) is 16.8. The van der Waals surface area contributed by atoms with E-state index in [4.69, 9.17) is 14.2 Å². The van der Waals surface area contributed by atoms with Gasteiger partial charge < -0.3 is 14.2 Å². The van der Waals surface area contributed by atoms with Crippen LogP contribution in [0.1, 0.15) is 15.9 Å². The minimum atomic E-state index is -3.68. The molecular formula is C19H19N3O6S. The van der Waals surface area contributed by atoms with Gasteiger partial charge in [0.25, 0.3) is 5.91 Å². The predicted molar refractivity (Wildman–Crippen MR) is 104 cm³/mol. The van der Waals surface area contributed by atoms with Gasteiger partial charge in [0.1, 0.15) is 0 Å². The highest BCUT2D eigenvalue weighted by Crippen LogP contribution is 2.31. The van der Waals surface area contributed by atoms with Crippen LogP contribution in [0, 0.1) is 0 Å². The van der Waals surface area contributed by atoms with Crippen molar-refractivity contribution in [3.63, 3.8) is 0 Å². The standard InChI is InChI=1S/C19H19N3O6S/c23-19(21-20-12-14-4-5-17-18(10-14)28-13-27-17)15-2-1-3-16(11-15)29(24,25)22-6-8-26-9-7-22/h1-5,10-12H,6-9,13H2,(H,21,23)/b20-12-. The number of nitrogens with one attached hydrogen (secondary N) is 1. The lowest BCUT2D eigenvalue weighted by Gasteiger charge is -2.26. The van der Waals surface area contributed by atoms with Gasteiger partial charge in [-0.15, -0.1) is 0 Å². The Morgan fingerprint density at radius 1 is 1.07 bits per heavy atom. The molecule has 0 aliphatic carbocycles. The molecule has 0 spiro atoms. The highest BCUT2D eigenvalue weighted by molar-refractivity contribution is 7.89. The minimum absolute atomic E-state index is 0.0619. The minimum Gasteiger partial charge on any atom is -0.454 e. The van der Waals surface area contributed by atoms with E-state index in [0.29, 0.717) is 37.8 Å². The molecule has 152 valence electrons. The summed E-state index contributed by atoms with van der Waals surface area (Å²) >= 11 is 0. The van der Waals surface area contributed by atoms with Gasteiger partial charge in [0.15, 0.2) is 11.5 Å². The number of sulfonamides is 1. The molecule has 0 saturated carbocycles. The van der Waals surface area contributed by atoms with Crippen LogP contribution in [0.5, 0.6) is 11.5 Å². The second-order valence-corrected chi connectivity index (χ2v) is 8.29. The van der Waals surface area contributed by atoms with Crippen molar-refractivity contribution in [1.82, 2.24) is 9.73 Å².